The Morgan fingerprint density at radius 2 is 2.50 bits per heavy atom. The Labute approximate surface area is 85.7 Å². The minimum absolute atomic E-state index is 0.691. The van der Waals surface area contributed by atoms with Gasteiger partial charge < -0.3 is 4.74 Å². The smallest absolute Gasteiger partial charge is 0.0987 e. The minimum Gasteiger partial charge on any atom is -0.376 e. The molecule has 1 aliphatic rings. The van der Waals surface area contributed by atoms with Crippen LogP contribution in [0, 0.1) is 0 Å². The molecular weight excluding hydrogens is 196 g/mol. The van der Waals surface area contributed by atoms with Gasteiger partial charge in [-0.05, 0) is 11.4 Å². The van der Waals surface area contributed by atoms with Crippen molar-refractivity contribution in [1.82, 2.24) is 10.2 Å². The summed E-state index contributed by atoms with van der Waals surface area (Å²) < 4.78 is 5.44. The van der Waals surface area contributed by atoms with E-state index in [1.807, 2.05) is 0 Å². The first-order valence-corrected chi connectivity index (χ1v) is 5.56. The largest absolute Gasteiger partial charge is 0.376 e. The first-order valence-electron chi connectivity index (χ1n) is 4.61. The van der Waals surface area contributed by atoms with Crippen molar-refractivity contribution in [1.29, 1.82) is 0 Å². The van der Waals surface area contributed by atoms with Gasteiger partial charge in [-0.1, -0.05) is 0 Å². The first-order chi connectivity index (χ1) is 6.95. The van der Waals surface area contributed by atoms with Crippen molar-refractivity contribution >= 4 is 11.3 Å². The topological polar surface area (TPSA) is 37.9 Å². The number of H-pyrrole nitrogens is 1. The Hall–Kier alpha value is -1.13. The van der Waals surface area contributed by atoms with Gasteiger partial charge in [0.2, 0.25) is 0 Å². The van der Waals surface area contributed by atoms with E-state index in [4.69, 9.17) is 4.74 Å². The molecule has 3 nitrogen and oxygen atoms in total. The fourth-order valence-corrected chi connectivity index (χ4v) is 2.39. The highest BCUT2D eigenvalue weighted by atomic mass is 32.1. The monoisotopic (exact) mass is 206 g/mol. The maximum absolute atomic E-state index is 5.44. The third kappa shape index (κ3) is 1.19. The van der Waals surface area contributed by atoms with Crippen molar-refractivity contribution in [3.63, 3.8) is 0 Å². The molecule has 3 rings (SSSR count). The van der Waals surface area contributed by atoms with Crippen molar-refractivity contribution in [3.8, 4) is 11.3 Å². The van der Waals surface area contributed by atoms with E-state index in [2.05, 4.69) is 27.0 Å². The molecule has 0 atom stereocenters. The van der Waals surface area contributed by atoms with E-state index in [1.54, 1.807) is 11.3 Å². The summed E-state index contributed by atoms with van der Waals surface area (Å²) in [7, 11) is 0. The van der Waals surface area contributed by atoms with Crippen LogP contribution >= 0.6 is 11.3 Å². The van der Waals surface area contributed by atoms with Crippen molar-refractivity contribution in [2.45, 2.75) is 13.0 Å². The molecule has 0 unspecified atom stereocenters. The summed E-state index contributed by atoms with van der Waals surface area (Å²) in [6.07, 6.45) is 0.951. The van der Waals surface area contributed by atoms with Gasteiger partial charge in [0.05, 0.1) is 18.9 Å². The lowest BCUT2D eigenvalue weighted by molar-refractivity contribution is 0.110. The summed E-state index contributed by atoms with van der Waals surface area (Å²) in [5, 5.41) is 11.6. The van der Waals surface area contributed by atoms with Crippen LogP contribution in [0.25, 0.3) is 11.3 Å². The van der Waals surface area contributed by atoms with E-state index in [0.717, 1.165) is 18.7 Å². The van der Waals surface area contributed by atoms with Crippen molar-refractivity contribution in [2.24, 2.45) is 0 Å². The first kappa shape index (κ1) is 8.20. The number of aromatic nitrogens is 2. The lowest BCUT2D eigenvalue weighted by Crippen LogP contribution is -2.08. The van der Waals surface area contributed by atoms with Crippen LogP contribution in [0.4, 0.5) is 0 Å². The second kappa shape index (κ2) is 3.22. The van der Waals surface area contributed by atoms with E-state index in [0.29, 0.717) is 6.61 Å². The summed E-state index contributed by atoms with van der Waals surface area (Å²) >= 11 is 1.69. The maximum Gasteiger partial charge on any atom is 0.0987 e. The zero-order chi connectivity index (χ0) is 9.38. The molecule has 72 valence electrons. The normalized spacial score (nSPS) is 15.4. The maximum atomic E-state index is 5.44. The summed E-state index contributed by atoms with van der Waals surface area (Å²) in [5.74, 6) is 0. The Morgan fingerprint density at radius 1 is 1.50 bits per heavy atom. The average molecular weight is 206 g/mol. The van der Waals surface area contributed by atoms with Gasteiger partial charge in [-0.15, -0.1) is 0 Å². The van der Waals surface area contributed by atoms with Crippen LogP contribution in [0.1, 0.15) is 11.3 Å². The quantitative estimate of drug-likeness (QED) is 0.776. The fourth-order valence-electron chi connectivity index (χ4n) is 1.75. The molecule has 0 aromatic carbocycles. The number of rotatable bonds is 1. The number of nitrogens with zero attached hydrogens (tertiary/aromatic N) is 1. The van der Waals surface area contributed by atoms with Crippen molar-refractivity contribution < 1.29 is 4.74 Å². The average Bonchev–Trinajstić information content (AvgIpc) is 2.85. The molecule has 0 fully saturated rings. The predicted molar refractivity (Wildman–Crippen MR) is 55.3 cm³/mol. The number of ether oxygens (including phenoxy) is 1. The minimum atomic E-state index is 0.691. The molecular formula is C10H10N2OS. The number of hydrogen-bond acceptors (Lipinski definition) is 3. The molecule has 3 heterocycles. The predicted octanol–water partition coefficient (Wildman–Crippen LogP) is 2.21. The molecule has 1 N–H and O–H groups in total. The lowest BCUT2D eigenvalue weighted by Gasteiger charge is -2.11. The van der Waals surface area contributed by atoms with Crippen LogP contribution in [-0.4, -0.2) is 16.8 Å². The van der Waals surface area contributed by atoms with Crippen molar-refractivity contribution in [2.75, 3.05) is 6.61 Å². The molecule has 0 bridgehead atoms. The number of thiophene rings is 1. The fraction of sp³-hybridized carbons (Fsp3) is 0.300. The molecule has 0 saturated heterocycles. The van der Waals surface area contributed by atoms with E-state index in [9.17, 15) is 0 Å². The van der Waals surface area contributed by atoms with Crippen LogP contribution in [0.5, 0.6) is 0 Å². The molecule has 4 heteroatoms. The Balaban J connectivity index is 2.11. The Kier molecular flexibility index (Phi) is 1.89. The van der Waals surface area contributed by atoms with Gasteiger partial charge in [0.1, 0.15) is 0 Å². The highest BCUT2D eigenvalue weighted by Gasteiger charge is 2.18. The van der Waals surface area contributed by atoms with E-state index < -0.39 is 0 Å². The summed E-state index contributed by atoms with van der Waals surface area (Å²) in [4.78, 5) is 0. The second-order valence-corrected chi connectivity index (χ2v) is 4.12. The molecule has 0 saturated carbocycles. The zero-order valence-corrected chi connectivity index (χ0v) is 8.43. The van der Waals surface area contributed by atoms with E-state index in [1.165, 1.54) is 16.8 Å². The molecule has 2 aromatic heterocycles. The SMILES string of the molecule is c1cc(-c2n[nH]c3c2COCC3)cs1. The van der Waals surface area contributed by atoms with E-state index >= 15 is 0 Å². The Morgan fingerprint density at radius 3 is 3.36 bits per heavy atom. The molecule has 0 spiro atoms. The van der Waals surface area contributed by atoms with Gasteiger partial charge in [0.15, 0.2) is 0 Å². The number of fused-ring (bicyclic) bond motifs is 1. The molecule has 2 aromatic rings. The highest BCUT2D eigenvalue weighted by molar-refractivity contribution is 7.08. The highest BCUT2D eigenvalue weighted by Crippen LogP contribution is 2.28. The molecule has 1 aliphatic heterocycles. The number of hydrogen-bond donors (Lipinski definition) is 1. The molecule has 0 radical (unpaired) electrons. The molecule has 14 heavy (non-hydrogen) atoms. The van der Waals surface area contributed by atoms with Gasteiger partial charge >= 0.3 is 0 Å². The third-order valence-electron chi connectivity index (χ3n) is 2.49. The van der Waals surface area contributed by atoms with Gasteiger partial charge in [-0.3, -0.25) is 5.10 Å². The van der Waals surface area contributed by atoms with Crippen LogP contribution in [0.2, 0.25) is 0 Å². The van der Waals surface area contributed by atoms with Crippen LogP contribution in [0.15, 0.2) is 16.8 Å². The lowest BCUT2D eigenvalue weighted by atomic mass is 10.1. The molecule has 0 amide bonds. The number of nitrogens with one attached hydrogen (secondary N) is 1. The van der Waals surface area contributed by atoms with Crippen LogP contribution in [-0.2, 0) is 17.8 Å². The van der Waals surface area contributed by atoms with Gasteiger partial charge in [0, 0.05) is 28.6 Å². The van der Waals surface area contributed by atoms with E-state index in [-0.39, 0.29) is 0 Å². The number of aromatic amines is 1. The molecule has 0 aliphatic carbocycles. The summed E-state index contributed by atoms with van der Waals surface area (Å²) in [6.45, 7) is 1.50. The van der Waals surface area contributed by atoms with Crippen LogP contribution in [0.3, 0.4) is 0 Å². The van der Waals surface area contributed by atoms with Gasteiger partial charge in [-0.25, -0.2) is 0 Å². The second-order valence-electron chi connectivity index (χ2n) is 3.34. The van der Waals surface area contributed by atoms with Gasteiger partial charge in [-0.2, -0.15) is 16.4 Å². The Bertz CT molecular complexity index is 433. The standard InChI is InChI=1S/C10H10N2OS/c1-3-13-5-8-9(1)11-12-10(8)7-2-4-14-6-7/h2,4,6H,1,3,5H2,(H,11,12). The summed E-state index contributed by atoms with van der Waals surface area (Å²) in [6, 6.07) is 2.09. The summed E-state index contributed by atoms with van der Waals surface area (Å²) in [5.41, 5.74) is 4.71. The van der Waals surface area contributed by atoms with Gasteiger partial charge in [0.25, 0.3) is 0 Å². The van der Waals surface area contributed by atoms with Crippen molar-refractivity contribution in [3.05, 3.63) is 28.1 Å². The zero-order valence-electron chi connectivity index (χ0n) is 7.62. The van der Waals surface area contributed by atoms with Crippen LogP contribution < -0.4 is 0 Å². The third-order valence-corrected chi connectivity index (χ3v) is 3.17.